The summed E-state index contributed by atoms with van der Waals surface area (Å²) in [6, 6.07) is 6.09. The Labute approximate surface area is 193 Å². The van der Waals surface area contributed by atoms with Crippen LogP contribution in [-0.2, 0) is 14.4 Å². The molecule has 0 aliphatic carbocycles. The Hall–Kier alpha value is -4.41. The number of nitrogens with two attached hydrogens (primary N) is 1. The molecule has 1 fully saturated rings. The van der Waals surface area contributed by atoms with Crippen LogP contribution in [0.2, 0.25) is 0 Å². The molecule has 2 atom stereocenters. The number of hydrogen-bond donors (Lipinski definition) is 2. The molecule has 2 unspecified atom stereocenters. The van der Waals surface area contributed by atoms with Crippen molar-refractivity contribution in [3.8, 4) is 0 Å². The number of carbonyl (C=O) groups excluding carboxylic acids is 5. The maximum atomic E-state index is 13.5. The van der Waals surface area contributed by atoms with Crippen LogP contribution in [0.5, 0.6) is 0 Å². The summed E-state index contributed by atoms with van der Waals surface area (Å²) in [5, 5.41) is 9.38. The van der Waals surface area contributed by atoms with Crippen LogP contribution >= 0.6 is 0 Å². The molecule has 0 spiro atoms. The number of pyridine rings is 1. The van der Waals surface area contributed by atoms with E-state index in [1.807, 2.05) is 0 Å². The number of primary amides is 1. The van der Waals surface area contributed by atoms with Crippen molar-refractivity contribution in [3.05, 3.63) is 58.3 Å². The predicted molar refractivity (Wildman–Crippen MR) is 116 cm³/mol. The van der Waals surface area contributed by atoms with Gasteiger partial charge >= 0.3 is 5.97 Å². The molecule has 0 bridgehead atoms. The lowest BCUT2D eigenvalue weighted by Gasteiger charge is -2.34. The fourth-order valence-electron chi connectivity index (χ4n) is 4.16. The van der Waals surface area contributed by atoms with E-state index in [-0.39, 0.29) is 46.6 Å². The third kappa shape index (κ3) is 3.41. The number of nitrogens with zero attached hydrogens (tertiary/aromatic N) is 3. The van der Waals surface area contributed by atoms with Crippen molar-refractivity contribution in [2.24, 2.45) is 5.73 Å². The topological polar surface area (TPSA) is 168 Å². The highest BCUT2D eigenvalue weighted by Crippen LogP contribution is 2.33. The van der Waals surface area contributed by atoms with Gasteiger partial charge in [-0.05, 0) is 38.5 Å². The molecule has 1 saturated heterocycles. The number of piperidine rings is 1. The number of carboxylic acid groups (broad SMARTS) is 1. The quantitative estimate of drug-likeness (QED) is 0.618. The number of carbonyl (C=O) groups is 6. The fraction of sp³-hybridized carbons (Fsp3) is 0.261. The van der Waals surface area contributed by atoms with Gasteiger partial charge in [0.25, 0.3) is 17.7 Å². The second-order valence-electron chi connectivity index (χ2n) is 8.12. The second-order valence-corrected chi connectivity index (χ2v) is 8.12. The minimum Gasteiger partial charge on any atom is -0.481 e. The highest BCUT2D eigenvalue weighted by Gasteiger charge is 2.48. The van der Waals surface area contributed by atoms with Gasteiger partial charge in [0.1, 0.15) is 11.9 Å². The summed E-state index contributed by atoms with van der Waals surface area (Å²) >= 11 is 0. The highest BCUT2D eigenvalue weighted by atomic mass is 16.4. The number of anilines is 1. The molecule has 4 rings (SSSR count). The Bertz CT molecular complexity index is 1270. The first-order valence-electron chi connectivity index (χ1n) is 10.4. The first-order valence-corrected chi connectivity index (χ1v) is 10.4. The smallest absolute Gasteiger partial charge is 0.312 e. The van der Waals surface area contributed by atoms with E-state index in [0.717, 1.165) is 4.90 Å². The molecule has 34 heavy (non-hydrogen) atoms. The van der Waals surface area contributed by atoms with E-state index in [1.165, 1.54) is 32.0 Å². The van der Waals surface area contributed by atoms with E-state index in [9.17, 15) is 33.9 Å². The van der Waals surface area contributed by atoms with Gasteiger partial charge in [-0.1, -0.05) is 12.1 Å². The average molecular weight is 464 g/mol. The summed E-state index contributed by atoms with van der Waals surface area (Å²) in [6.45, 7) is 2.75. The summed E-state index contributed by atoms with van der Waals surface area (Å²) in [4.78, 5) is 81.4. The van der Waals surface area contributed by atoms with E-state index >= 15 is 0 Å². The summed E-state index contributed by atoms with van der Waals surface area (Å²) < 4.78 is 0. The third-order valence-electron chi connectivity index (χ3n) is 6.08. The van der Waals surface area contributed by atoms with Gasteiger partial charge in [-0.2, -0.15) is 0 Å². The SMILES string of the molecule is Cc1c(C(N)=O)cc(C(C)C(=O)O)nc1N1C(=O)CCC(N2C(=O)c3ccccc3C2=O)C1=O. The molecule has 0 saturated carbocycles. The molecule has 174 valence electrons. The molecule has 11 nitrogen and oxygen atoms in total. The van der Waals surface area contributed by atoms with Crippen molar-refractivity contribution in [2.75, 3.05) is 4.90 Å². The standard InChI is InChI=1S/C23H20N4O7/c1-10-14(18(24)29)9-15(11(2)23(33)34)25-19(10)27-17(28)8-7-16(22(27)32)26-20(30)12-5-3-4-6-13(12)21(26)31/h3-6,9,11,16H,7-8H2,1-2H3,(H2,24,29)(H,33,34). The van der Waals surface area contributed by atoms with Gasteiger partial charge in [-0.15, -0.1) is 0 Å². The molecule has 0 radical (unpaired) electrons. The lowest BCUT2D eigenvalue weighted by molar-refractivity contribution is -0.138. The first kappa shape index (κ1) is 22.8. The molecule has 1 aromatic carbocycles. The Morgan fingerprint density at radius 1 is 1.12 bits per heavy atom. The summed E-state index contributed by atoms with van der Waals surface area (Å²) in [5.74, 6) is -6.39. The average Bonchev–Trinajstić information content (AvgIpc) is 3.04. The maximum absolute atomic E-state index is 13.5. The van der Waals surface area contributed by atoms with Crippen LogP contribution in [0.25, 0.3) is 0 Å². The van der Waals surface area contributed by atoms with E-state index < -0.39 is 47.5 Å². The molecular formula is C23H20N4O7. The molecule has 3 N–H and O–H groups in total. The molecule has 1 aromatic heterocycles. The van der Waals surface area contributed by atoms with Crippen molar-refractivity contribution in [3.63, 3.8) is 0 Å². The normalized spacial score (nSPS) is 18.8. The Morgan fingerprint density at radius 2 is 1.71 bits per heavy atom. The van der Waals surface area contributed by atoms with Crippen molar-refractivity contribution >= 4 is 41.3 Å². The molecular weight excluding hydrogens is 444 g/mol. The first-order chi connectivity index (χ1) is 16.0. The van der Waals surface area contributed by atoms with Crippen LogP contribution in [0.3, 0.4) is 0 Å². The van der Waals surface area contributed by atoms with Gasteiger partial charge in [-0.25, -0.2) is 9.88 Å². The van der Waals surface area contributed by atoms with Crippen LogP contribution in [0.15, 0.2) is 30.3 Å². The van der Waals surface area contributed by atoms with Crippen LogP contribution < -0.4 is 10.6 Å². The summed E-state index contributed by atoms with van der Waals surface area (Å²) in [6.07, 6.45) is -0.262. The van der Waals surface area contributed by atoms with Gasteiger partial charge in [0.05, 0.1) is 22.7 Å². The zero-order valence-corrected chi connectivity index (χ0v) is 18.3. The summed E-state index contributed by atoms with van der Waals surface area (Å²) in [5.41, 5.74) is 5.67. The summed E-state index contributed by atoms with van der Waals surface area (Å²) in [7, 11) is 0. The number of aromatic nitrogens is 1. The molecule has 5 amide bonds. The minimum absolute atomic E-state index is 0.0768. The van der Waals surface area contributed by atoms with Crippen LogP contribution in [0, 0.1) is 6.92 Å². The van der Waals surface area contributed by atoms with E-state index in [0.29, 0.717) is 4.90 Å². The van der Waals surface area contributed by atoms with Gasteiger partial charge in [0, 0.05) is 17.5 Å². The van der Waals surface area contributed by atoms with E-state index in [2.05, 4.69) is 4.98 Å². The lowest BCUT2D eigenvalue weighted by Crippen LogP contribution is -2.56. The van der Waals surface area contributed by atoms with E-state index in [1.54, 1.807) is 12.1 Å². The van der Waals surface area contributed by atoms with Crippen LogP contribution in [0.4, 0.5) is 5.82 Å². The molecule has 11 heteroatoms. The number of amides is 5. The molecule has 3 heterocycles. The highest BCUT2D eigenvalue weighted by molar-refractivity contribution is 6.26. The Balaban J connectivity index is 1.80. The van der Waals surface area contributed by atoms with Crippen molar-refractivity contribution in [1.82, 2.24) is 9.88 Å². The molecule has 2 aromatic rings. The zero-order chi connectivity index (χ0) is 24.9. The number of aliphatic carboxylic acids is 1. The number of carboxylic acids is 1. The zero-order valence-electron chi connectivity index (χ0n) is 18.3. The lowest BCUT2D eigenvalue weighted by atomic mass is 9.98. The van der Waals surface area contributed by atoms with Gasteiger partial charge < -0.3 is 10.8 Å². The van der Waals surface area contributed by atoms with Crippen molar-refractivity contribution < 1.29 is 33.9 Å². The number of benzene rings is 1. The second kappa shape index (κ2) is 8.18. The number of fused-ring (bicyclic) bond motifs is 1. The minimum atomic E-state index is -1.27. The van der Waals surface area contributed by atoms with Crippen LogP contribution in [0.1, 0.15) is 68.0 Å². The van der Waals surface area contributed by atoms with Crippen LogP contribution in [-0.4, -0.2) is 56.5 Å². The van der Waals surface area contributed by atoms with Gasteiger partial charge in [0.15, 0.2) is 0 Å². The van der Waals surface area contributed by atoms with E-state index in [4.69, 9.17) is 5.73 Å². The molecule has 2 aliphatic heterocycles. The number of imide groups is 2. The van der Waals surface area contributed by atoms with Gasteiger partial charge in [-0.3, -0.25) is 33.7 Å². The monoisotopic (exact) mass is 464 g/mol. The largest absolute Gasteiger partial charge is 0.481 e. The maximum Gasteiger partial charge on any atom is 0.312 e. The Morgan fingerprint density at radius 3 is 2.24 bits per heavy atom. The number of rotatable bonds is 5. The predicted octanol–water partition coefficient (Wildman–Crippen LogP) is 0.995. The van der Waals surface area contributed by atoms with Gasteiger partial charge in [0.2, 0.25) is 11.8 Å². The molecule has 2 aliphatic rings. The third-order valence-corrected chi connectivity index (χ3v) is 6.08. The number of hydrogen-bond acceptors (Lipinski definition) is 7. The van der Waals surface area contributed by atoms with Crippen molar-refractivity contribution in [1.29, 1.82) is 0 Å². The fourth-order valence-corrected chi connectivity index (χ4v) is 4.16. The van der Waals surface area contributed by atoms with Crippen molar-refractivity contribution in [2.45, 2.75) is 38.6 Å². The Kier molecular flexibility index (Phi) is 5.48.